The summed E-state index contributed by atoms with van der Waals surface area (Å²) in [5, 5.41) is 0. The molecule has 1 aromatic carbocycles. The molecule has 1 aromatic rings. The van der Waals surface area contributed by atoms with Gasteiger partial charge in [-0.2, -0.15) is 4.31 Å². The molecule has 2 fully saturated rings. The zero-order chi connectivity index (χ0) is 22.1. The topological polar surface area (TPSA) is 73.4 Å². The molecular weight excluding hydrogens is 404 g/mol. The van der Waals surface area contributed by atoms with E-state index >= 15 is 0 Å². The zero-order valence-corrected chi connectivity index (χ0v) is 19.5. The Balaban J connectivity index is 1.82. The highest BCUT2D eigenvalue weighted by Crippen LogP contribution is 2.44. The molecular formula is C21H34N4O4S. The lowest BCUT2D eigenvalue weighted by Gasteiger charge is -2.44. The number of rotatable bonds is 6. The van der Waals surface area contributed by atoms with E-state index in [9.17, 15) is 13.2 Å². The van der Waals surface area contributed by atoms with Crippen LogP contribution in [0.1, 0.15) is 13.3 Å². The molecule has 0 saturated carbocycles. The van der Waals surface area contributed by atoms with Crippen LogP contribution in [0.25, 0.3) is 0 Å². The molecule has 2 aliphatic heterocycles. The summed E-state index contributed by atoms with van der Waals surface area (Å²) in [6.07, 6.45) is 0.739. The second-order valence-electron chi connectivity index (χ2n) is 8.87. The Hall–Kier alpha value is -1.84. The van der Waals surface area contributed by atoms with Crippen LogP contribution in [-0.4, -0.2) is 101 Å². The van der Waals surface area contributed by atoms with E-state index in [0.29, 0.717) is 38.5 Å². The number of carbonyl (C=O) groups is 1. The Bertz CT molecular complexity index is 856. The molecule has 0 aliphatic carbocycles. The van der Waals surface area contributed by atoms with Gasteiger partial charge in [0.05, 0.1) is 11.5 Å². The summed E-state index contributed by atoms with van der Waals surface area (Å²) in [7, 11) is 3.99. The minimum absolute atomic E-state index is 0.0107. The van der Waals surface area contributed by atoms with Gasteiger partial charge < -0.3 is 19.4 Å². The number of urea groups is 1. The smallest absolute Gasteiger partial charge is 0.319 e. The molecule has 3 rings (SSSR count). The molecule has 30 heavy (non-hydrogen) atoms. The van der Waals surface area contributed by atoms with Crippen molar-refractivity contribution in [2.24, 2.45) is 11.3 Å². The highest BCUT2D eigenvalue weighted by atomic mass is 32.2. The molecule has 2 atom stereocenters. The van der Waals surface area contributed by atoms with Gasteiger partial charge in [-0.3, -0.25) is 0 Å². The van der Waals surface area contributed by atoms with Gasteiger partial charge in [-0.15, -0.1) is 0 Å². The standard InChI is InChI=1S/C21H34N4O4S/c1-6-29-18-7-9-19(10-8-18)30(27,28)25-12-11-21(15-22(2)3)16-24(13-17(21)14-25)20(26)23(4)5/h7-10,17H,6,11-16H2,1-5H3/t17-,21+/m1/s1. The Kier molecular flexibility index (Phi) is 6.64. The monoisotopic (exact) mass is 438 g/mol. The van der Waals surface area contributed by atoms with Crippen LogP contribution in [-0.2, 0) is 10.0 Å². The van der Waals surface area contributed by atoms with Crippen LogP contribution in [0.3, 0.4) is 0 Å². The molecule has 2 amide bonds. The number of hydrogen-bond acceptors (Lipinski definition) is 5. The second kappa shape index (κ2) is 8.72. The lowest BCUT2D eigenvalue weighted by molar-refractivity contribution is 0.0814. The van der Waals surface area contributed by atoms with E-state index in [2.05, 4.69) is 4.90 Å². The van der Waals surface area contributed by atoms with Crippen molar-refractivity contribution in [1.29, 1.82) is 0 Å². The third kappa shape index (κ3) is 4.43. The van der Waals surface area contributed by atoms with Gasteiger partial charge in [0.25, 0.3) is 0 Å². The summed E-state index contributed by atoms with van der Waals surface area (Å²) in [6, 6.07) is 6.60. The maximum absolute atomic E-state index is 13.3. The number of carbonyl (C=O) groups excluding carboxylic acids is 1. The summed E-state index contributed by atoms with van der Waals surface area (Å²) in [5.41, 5.74) is -0.0833. The number of sulfonamides is 1. The van der Waals surface area contributed by atoms with Gasteiger partial charge in [0.2, 0.25) is 10.0 Å². The largest absolute Gasteiger partial charge is 0.494 e. The van der Waals surface area contributed by atoms with Crippen molar-refractivity contribution in [2.75, 3.05) is 67.5 Å². The molecule has 2 aliphatic rings. The van der Waals surface area contributed by atoms with E-state index in [4.69, 9.17) is 4.74 Å². The summed E-state index contributed by atoms with van der Waals surface area (Å²) >= 11 is 0. The normalized spacial score (nSPS) is 24.7. The Morgan fingerprint density at radius 2 is 1.83 bits per heavy atom. The molecule has 0 radical (unpaired) electrons. The maximum Gasteiger partial charge on any atom is 0.319 e. The molecule has 168 valence electrons. The number of ether oxygens (including phenoxy) is 1. The second-order valence-corrected chi connectivity index (χ2v) is 10.8. The van der Waals surface area contributed by atoms with Crippen LogP contribution >= 0.6 is 0 Å². The zero-order valence-electron chi connectivity index (χ0n) is 18.7. The molecule has 2 saturated heterocycles. The van der Waals surface area contributed by atoms with Gasteiger partial charge in [0.15, 0.2) is 0 Å². The molecule has 0 aromatic heterocycles. The molecule has 2 heterocycles. The van der Waals surface area contributed by atoms with Gasteiger partial charge in [-0.25, -0.2) is 13.2 Å². The highest BCUT2D eigenvalue weighted by molar-refractivity contribution is 7.89. The SMILES string of the molecule is CCOc1ccc(S(=O)(=O)N2CC[C@]3(CN(C)C)CN(C(=O)N(C)C)C[C@@H]3C2)cc1. The van der Waals surface area contributed by atoms with Gasteiger partial charge in [0, 0.05) is 52.2 Å². The van der Waals surface area contributed by atoms with Crippen molar-refractivity contribution < 1.29 is 17.9 Å². The minimum Gasteiger partial charge on any atom is -0.494 e. The van der Waals surface area contributed by atoms with Gasteiger partial charge in [0.1, 0.15) is 5.75 Å². The third-order valence-electron chi connectivity index (χ3n) is 6.15. The van der Waals surface area contributed by atoms with Crippen molar-refractivity contribution in [3.05, 3.63) is 24.3 Å². The number of hydrogen-bond donors (Lipinski definition) is 0. The van der Waals surface area contributed by atoms with Gasteiger partial charge in [-0.05, 0) is 57.6 Å². The predicted molar refractivity (Wildman–Crippen MR) is 116 cm³/mol. The van der Waals surface area contributed by atoms with E-state index in [-0.39, 0.29) is 22.3 Å². The average molecular weight is 439 g/mol. The van der Waals surface area contributed by atoms with Crippen molar-refractivity contribution in [3.63, 3.8) is 0 Å². The number of piperidine rings is 1. The minimum atomic E-state index is -3.59. The van der Waals surface area contributed by atoms with Gasteiger partial charge in [-0.1, -0.05) is 0 Å². The Morgan fingerprint density at radius 1 is 1.17 bits per heavy atom. The molecule has 0 bridgehead atoms. The van der Waals surface area contributed by atoms with Crippen LogP contribution in [0.4, 0.5) is 4.79 Å². The van der Waals surface area contributed by atoms with Crippen LogP contribution in [0, 0.1) is 11.3 Å². The first-order valence-corrected chi connectivity index (χ1v) is 11.9. The number of benzene rings is 1. The van der Waals surface area contributed by atoms with Crippen LogP contribution in [0.15, 0.2) is 29.2 Å². The van der Waals surface area contributed by atoms with E-state index < -0.39 is 10.0 Å². The highest BCUT2D eigenvalue weighted by Gasteiger charge is 2.52. The molecule has 9 heteroatoms. The van der Waals surface area contributed by atoms with Crippen LogP contribution in [0.2, 0.25) is 0 Å². The fraction of sp³-hybridized carbons (Fsp3) is 0.667. The molecule has 0 unspecified atom stereocenters. The number of likely N-dealkylation sites (tertiary alicyclic amines) is 1. The molecule has 0 N–H and O–H groups in total. The first-order chi connectivity index (χ1) is 14.1. The van der Waals surface area contributed by atoms with Crippen LogP contribution < -0.4 is 4.74 Å². The Morgan fingerprint density at radius 3 is 2.40 bits per heavy atom. The summed E-state index contributed by atoms with van der Waals surface area (Å²) in [5.74, 6) is 0.767. The lowest BCUT2D eigenvalue weighted by atomic mass is 9.73. The quantitative estimate of drug-likeness (QED) is 0.675. The molecule has 8 nitrogen and oxygen atoms in total. The fourth-order valence-corrected chi connectivity index (χ4v) is 6.30. The van der Waals surface area contributed by atoms with Gasteiger partial charge >= 0.3 is 6.03 Å². The first-order valence-electron chi connectivity index (χ1n) is 10.4. The van der Waals surface area contributed by atoms with E-state index in [1.807, 2.05) is 25.9 Å². The van der Waals surface area contributed by atoms with E-state index in [0.717, 1.165) is 13.0 Å². The summed E-state index contributed by atoms with van der Waals surface area (Å²) in [4.78, 5) is 18.5. The Labute approximate surface area is 180 Å². The van der Waals surface area contributed by atoms with Crippen LogP contribution in [0.5, 0.6) is 5.75 Å². The van der Waals surface area contributed by atoms with E-state index in [1.165, 1.54) is 0 Å². The van der Waals surface area contributed by atoms with Crippen molar-refractivity contribution >= 4 is 16.1 Å². The lowest BCUT2D eigenvalue weighted by Crippen LogP contribution is -2.52. The van der Waals surface area contributed by atoms with Crippen molar-refractivity contribution in [3.8, 4) is 5.75 Å². The number of fused-ring (bicyclic) bond motifs is 1. The summed E-state index contributed by atoms with van der Waals surface area (Å²) < 4.78 is 33.6. The fourth-order valence-electron chi connectivity index (χ4n) is 4.81. The van der Waals surface area contributed by atoms with Crippen molar-refractivity contribution in [1.82, 2.24) is 19.0 Å². The summed E-state index contributed by atoms with van der Waals surface area (Å²) in [6.45, 7) is 5.42. The number of nitrogens with zero attached hydrogens (tertiary/aromatic N) is 4. The predicted octanol–water partition coefficient (Wildman–Crippen LogP) is 1.64. The first kappa shape index (κ1) is 22.8. The van der Waals surface area contributed by atoms with Crippen molar-refractivity contribution in [2.45, 2.75) is 18.2 Å². The number of amides is 2. The maximum atomic E-state index is 13.3. The van der Waals surface area contributed by atoms with E-state index in [1.54, 1.807) is 47.6 Å². The average Bonchev–Trinajstić information content (AvgIpc) is 3.05. The third-order valence-corrected chi connectivity index (χ3v) is 8.03. The molecule has 0 spiro atoms.